The summed E-state index contributed by atoms with van der Waals surface area (Å²) in [6.45, 7) is 0. The number of hydrogen-bond acceptors (Lipinski definition) is 3. The fourth-order valence-electron chi connectivity index (χ4n) is 2.48. The second kappa shape index (κ2) is 3.07. The van der Waals surface area contributed by atoms with Gasteiger partial charge in [-0.05, 0) is 24.0 Å². The molecule has 1 amide bonds. The number of ether oxygens (including phenoxy) is 1. The average Bonchev–Trinajstić information content (AvgIpc) is 2.53. The van der Waals surface area contributed by atoms with Gasteiger partial charge in [0.2, 0.25) is 0 Å². The maximum Gasteiger partial charge on any atom is 0.413 e. The predicted molar refractivity (Wildman–Crippen MR) is 58.5 cm³/mol. The number of hydrogen-bond donors (Lipinski definition) is 2. The number of benzene rings is 1. The van der Waals surface area contributed by atoms with Gasteiger partial charge >= 0.3 is 6.09 Å². The molecule has 2 N–H and O–H groups in total. The molecule has 1 saturated heterocycles. The van der Waals surface area contributed by atoms with Crippen molar-refractivity contribution in [3.05, 3.63) is 35.4 Å². The zero-order valence-corrected chi connectivity index (χ0v) is 8.75. The van der Waals surface area contributed by atoms with E-state index in [4.69, 9.17) is 10.1 Å². The highest BCUT2D eigenvalue weighted by Crippen LogP contribution is 2.34. The summed E-state index contributed by atoms with van der Waals surface area (Å²) < 4.78 is 5.28. The Bertz CT molecular complexity index is 484. The minimum absolute atomic E-state index is 0.201. The van der Waals surface area contributed by atoms with Crippen molar-refractivity contribution >= 4 is 11.9 Å². The van der Waals surface area contributed by atoms with Crippen molar-refractivity contribution in [1.29, 1.82) is 5.41 Å². The van der Waals surface area contributed by atoms with E-state index >= 15 is 0 Å². The van der Waals surface area contributed by atoms with Crippen LogP contribution in [0.2, 0.25) is 0 Å². The number of amidine groups is 1. The molecule has 1 fully saturated rings. The number of nitrogens with one attached hydrogen (secondary N) is 2. The van der Waals surface area contributed by atoms with Crippen molar-refractivity contribution in [3.63, 3.8) is 0 Å². The number of amides is 1. The van der Waals surface area contributed by atoms with Gasteiger partial charge < -0.3 is 4.74 Å². The van der Waals surface area contributed by atoms with Gasteiger partial charge in [0.25, 0.3) is 0 Å². The maximum atomic E-state index is 11.2. The molecule has 0 saturated carbocycles. The molecule has 1 aliphatic carbocycles. The summed E-state index contributed by atoms with van der Waals surface area (Å²) in [5.41, 5.74) is 1.74. The largest absolute Gasteiger partial charge is 0.434 e. The molecule has 1 aromatic rings. The molecule has 1 spiro atoms. The van der Waals surface area contributed by atoms with Crippen molar-refractivity contribution < 1.29 is 9.53 Å². The third-order valence-corrected chi connectivity index (χ3v) is 3.36. The average molecular weight is 216 g/mol. The van der Waals surface area contributed by atoms with Gasteiger partial charge in [0.15, 0.2) is 5.60 Å². The lowest BCUT2D eigenvalue weighted by atomic mass is 9.80. The van der Waals surface area contributed by atoms with Crippen LogP contribution in [0.3, 0.4) is 0 Å². The Balaban J connectivity index is 1.98. The summed E-state index contributed by atoms with van der Waals surface area (Å²) in [6.07, 6.45) is 1.67. The van der Waals surface area contributed by atoms with E-state index in [9.17, 15) is 4.79 Å². The maximum absolute atomic E-state index is 11.2. The van der Waals surface area contributed by atoms with E-state index < -0.39 is 11.7 Å². The monoisotopic (exact) mass is 216 g/mol. The molecule has 1 heterocycles. The fraction of sp³-hybridized carbons (Fsp3) is 0.333. The van der Waals surface area contributed by atoms with Crippen molar-refractivity contribution in [2.24, 2.45) is 0 Å². The van der Waals surface area contributed by atoms with Crippen LogP contribution >= 0.6 is 0 Å². The van der Waals surface area contributed by atoms with Gasteiger partial charge in [0.1, 0.15) is 5.84 Å². The van der Waals surface area contributed by atoms with E-state index in [0.29, 0.717) is 12.8 Å². The Morgan fingerprint density at radius 3 is 2.75 bits per heavy atom. The number of carbonyl (C=O) groups is 1. The highest BCUT2D eigenvalue weighted by molar-refractivity contribution is 6.04. The SMILES string of the molecule is N=C1NC(=O)OC12CCc1ccccc1C2. The van der Waals surface area contributed by atoms with E-state index in [-0.39, 0.29) is 5.84 Å². The van der Waals surface area contributed by atoms with E-state index in [1.807, 2.05) is 18.2 Å². The van der Waals surface area contributed by atoms with E-state index in [0.717, 1.165) is 6.42 Å². The summed E-state index contributed by atoms with van der Waals surface area (Å²) in [5.74, 6) is 0.201. The van der Waals surface area contributed by atoms with E-state index in [2.05, 4.69) is 11.4 Å². The highest BCUT2D eigenvalue weighted by atomic mass is 16.6. The number of alkyl carbamates (subject to hydrolysis) is 1. The molecule has 4 heteroatoms. The molecule has 1 aromatic carbocycles. The Morgan fingerprint density at radius 1 is 1.31 bits per heavy atom. The Kier molecular flexibility index (Phi) is 1.80. The molecule has 82 valence electrons. The summed E-state index contributed by atoms with van der Waals surface area (Å²) in [4.78, 5) is 11.2. The van der Waals surface area contributed by atoms with Crippen molar-refractivity contribution in [1.82, 2.24) is 5.32 Å². The van der Waals surface area contributed by atoms with Crippen LogP contribution in [-0.4, -0.2) is 17.5 Å². The summed E-state index contributed by atoms with van der Waals surface area (Å²) in [7, 11) is 0. The molecule has 0 bridgehead atoms. The third kappa shape index (κ3) is 1.23. The van der Waals surface area contributed by atoms with Gasteiger partial charge in [0, 0.05) is 6.42 Å². The van der Waals surface area contributed by atoms with Crippen LogP contribution in [0.25, 0.3) is 0 Å². The molecule has 16 heavy (non-hydrogen) atoms. The molecular formula is C12H12N2O2. The predicted octanol–water partition coefficient (Wildman–Crippen LogP) is 1.63. The normalized spacial score (nSPS) is 27.5. The van der Waals surface area contributed by atoms with Crippen LogP contribution in [0.4, 0.5) is 4.79 Å². The van der Waals surface area contributed by atoms with Gasteiger partial charge in [-0.1, -0.05) is 24.3 Å². The van der Waals surface area contributed by atoms with Gasteiger partial charge in [-0.3, -0.25) is 10.7 Å². The van der Waals surface area contributed by atoms with Crippen LogP contribution in [-0.2, 0) is 17.6 Å². The third-order valence-electron chi connectivity index (χ3n) is 3.36. The summed E-state index contributed by atoms with van der Waals surface area (Å²) >= 11 is 0. The van der Waals surface area contributed by atoms with Crippen LogP contribution in [0.15, 0.2) is 24.3 Å². The van der Waals surface area contributed by atoms with Gasteiger partial charge in [-0.25, -0.2) is 4.79 Å². The molecule has 1 unspecified atom stereocenters. The molecule has 1 atom stereocenters. The van der Waals surface area contributed by atoms with Crippen LogP contribution in [0, 0.1) is 5.41 Å². The second-order valence-electron chi connectivity index (χ2n) is 4.33. The van der Waals surface area contributed by atoms with Crippen LogP contribution in [0.5, 0.6) is 0 Å². The Morgan fingerprint density at radius 2 is 2.06 bits per heavy atom. The van der Waals surface area contributed by atoms with Crippen molar-refractivity contribution in [3.8, 4) is 0 Å². The smallest absolute Gasteiger partial charge is 0.413 e. The van der Waals surface area contributed by atoms with Crippen molar-refractivity contribution in [2.45, 2.75) is 24.9 Å². The standard InChI is InChI=1S/C12H12N2O2/c13-10-12(16-11(15)14-10)6-5-8-3-1-2-4-9(8)7-12/h1-4H,5-7H2,(H2,13,14,15). The molecule has 4 nitrogen and oxygen atoms in total. The zero-order chi connectivity index (χ0) is 11.2. The Hall–Kier alpha value is -1.84. The minimum atomic E-state index is -0.731. The fourth-order valence-corrected chi connectivity index (χ4v) is 2.48. The van der Waals surface area contributed by atoms with Gasteiger partial charge in [-0.2, -0.15) is 0 Å². The Labute approximate surface area is 93.1 Å². The molecule has 3 rings (SSSR count). The first kappa shape index (κ1) is 9.39. The topological polar surface area (TPSA) is 62.2 Å². The van der Waals surface area contributed by atoms with E-state index in [1.165, 1.54) is 11.1 Å². The second-order valence-corrected chi connectivity index (χ2v) is 4.33. The van der Waals surface area contributed by atoms with Crippen LogP contribution < -0.4 is 5.32 Å². The summed E-state index contributed by atoms with van der Waals surface area (Å²) in [5, 5.41) is 10.2. The van der Waals surface area contributed by atoms with Crippen LogP contribution in [0.1, 0.15) is 17.5 Å². The first-order valence-electron chi connectivity index (χ1n) is 5.35. The lowest BCUT2D eigenvalue weighted by Crippen LogP contribution is -2.43. The first-order chi connectivity index (χ1) is 7.70. The molecular weight excluding hydrogens is 204 g/mol. The van der Waals surface area contributed by atoms with Gasteiger partial charge in [-0.15, -0.1) is 0 Å². The first-order valence-corrected chi connectivity index (χ1v) is 5.35. The minimum Gasteiger partial charge on any atom is -0.434 e. The molecule has 1 aliphatic heterocycles. The quantitative estimate of drug-likeness (QED) is 0.692. The lowest BCUT2D eigenvalue weighted by Gasteiger charge is -2.31. The summed E-state index contributed by atoms with van der Waals surface area (Å²) in [6, 6.07) is 8.12. The number of rotatable bonds is 0. The number of fused-ring (bicyclic) bond motifs is 1. The number of carbonyl (C=O) groups excluding carboxylic acids is 1. The van der Waals surface area contributed by atoms with Gasteiger partial charge in [0.05, 0.1) is 0 Å². The zero-order valence-electron chi connectivity index (χ0n) is 8.75. The lowest BCUT2D eigenvalue weighted by molar-refractivity contribution is 0.0742. The molecule has 0 radical (unpaired) electrons. The number of aryl methyl sites for hydroxylation is 1. The molecule has 0 aromatic heterocycles. The van der Waals surface area contributed by atoms with E-state index in [1.54, 1.807) is 0 Å². The van der Waals surface area contributed by atoms with Crippen molar-refractivity contribution in [2.75, 3.05) is 0 Å². The molecule has 2 aliphatic rings. The highest BCUT2D eigenvalue weighted by Gasteiger charge is 2.47.